The van der Waals surface area contributed by atoms with Gasteiger partial charge >= 0.3 is 0 Å². The number of hydrogen-bond donors (Lipinski definition) is 2. The van der Waals surface area contributed by atoms with Crippen LogP contribution in [0.25, 0.3) is 0 Å². The summed E-state index contributed by atoms with van der Waals surface area (Å²) in [6.45, 7) is 2.25. The molecule has 1 aromatic carbocycles. The molecular formula is C16H23ClF2N2O. The van der Waals surface area contributed by atoms with E-state index >= 15 is 0 Å². The fourth-order valence-corrected chi connectivity index (χ4v) is 3.11. The van der Waals surface area contributed by atoms with E-state index in [1.807, 2.05) is 0 Å². The zero-order chi connectivity index (χ0) is 15.5. The molecule has 1 atom stereocenters. The minimum atomic E-state index is -0.639. The maximum absolute atomic E-state index is 14.1. The molecule has 3 N–H and O–H groups in total. The number of amides is 1. The number of benzene rings is 1. The topological polar surface area (TPSA) is 55.1 Å². The van der Waals surface area contributed by atoms with Gasteiger partial charge in [-0.1, -0.05) is 25.8 Å². The zero-order valence-electron chi connectivity index (χ0n) is 12.7. The van der Waals surface area contributed by atoms with Crippen molar-refractivity contribution in [3.8, 4) is 0 Å². The lowest BCUT2D eigenvalue weighted by Crippen LogP contribution is -2.43. The van der Waals surface area contributed by atoms with E-state index in [9.17, 15) is 13.6 Å². The summed E-state index contributed by atoms with van der Waals surface area (Å²) in [7, 11) is 0. The highest BCUT2D eigenvalue weighted by Crippen LogP contribution is 2.42. The van der Waals surface area contributed by atoms with E-state index < -0.39 is 17.0 Å². The van der Waals surface area contributed by atoms with Crippen LogP contribution in [0.2, 0.25) is 0 Å². The maximum atomic E-state index is 14.1. The molecule has 1 saturated carbocycles. The van der Waals surface area contributed by atoms with Crippen molar-refractivity contribution in [1.82, 2.24) is 5.32 Å². The minimum absolute atomic E-state index is 0. The van der Waals surface area contributed by atoms with Crippen LogP contribution in [0.1, 0.15) is 38.2 Å². The Kier molecular flexibility index (Phi) is 6.75. The van der Waals surface area contributed by atoms with Gasteiger partial charge in [-0.15, -0.1) is 12.4 Å². The normalized spacial score (nSPS) is 17.6. The SMILES string of the molecule is CC(CN)C(=O)NCC1(c2c(F)cccc2F)CCCC1.Cl. The van der Waals surface area contributed by atoms with Gasteiger partial charge in [0.05, 0.1) is 0 Å². The predicted molar refractivity (Wildman–Crippen MR) is 85.0 cm³/mol. The highest BCUT2D eigenvalue weighted by atomic mass is 35.5. The summed E-state index contributed by atoms with van der Waals surface area (Å²) >= 11 is 0. The Bertz CT molecular complexity index is 499. The highest BCUT2D eigenvalue weighted by molar-refractivity contribution is 5.85. The molecule has 0 heterocycles. The summed E-state index contributed by atoms with van der Waals surface area (Å²) < 4.78 is 28.2. The van der Waals surface area contributed by atoms with Crippen molar-refractivity contribution in [3.05, 3.63) is 35.4 Å². The average Bonchev–Trinajstić information content (AvgIpc) is 2.93. The number of nitrogens with two attached hydrogens (primary N) is 1. The van der Waals surface area contributed by atoms with Crippen LogP contribution < -0.4 is 11.1 Å². The highest BCUT2D eigenvalue weighted by Gasteiger charge is 2.40. The fraction of sp³-hybridized carbons (Fsp3) is 0.562. The van der Waals surface area contributed by atoms with Crippen LogP contribution >= 0.6 is 12.4 Å². The number of hydrogen-bond acceptors (Lipinski definition) is 2. The first-order valence-corrected chi connectivity index (χ1v) is 7.42. The molecule has 0 aliphatic heterocycles. The molecule has 1 aromatic rings. The minimum Gasteiger partial charge on any atom is -0.355 e. The first-order valence-electron chi connectivity index (χ1n) is 7.42. The molecule has 0 aromatic heterocycles. The Morgan fingerprint density at radius 2 is 1.86 bits per heavy atom. The second-order valence-corrected chi connectivity index (χ2v) is 5.94. The number of carbonyl (C=O) groups excluding carboxylic acids is 1. The third-order valence-electron chi connectivity index (χ3n) is 4.46. The first kappa shape index (κ1) is 18.8. The lowest BCUT2D eigenvalue weighted by molar-refractivity contribution is -0.124. The molecular weight excluding hydrogens is 310 g/mol. The van der Waals surface area contributed by atoms with Crippen LogP contribution in [0.3, 0.4) is 0 Å². The molecule has 1 aliphatic rings. The van der Waals surface area contributed by atoms with E-state index in [0.717, 1.165) is 12.8 Å². The number of rotatable bonds is 5. The number of nitrogens with one attached hydrogen (secondary N) is 1. The van der Waals surface area contributed by atoms with E-state index in [1.165, 1.54) is 18.2 Å². The van der Waals surface area contributed by atoms with Crippen LogP contribution in [0, 0.1) is 17.6 Å². The van der Waals surface area contributed by atoms with Crippen LogP contribution in [-0.4, -0.2) is 19.0 Å². The molecule has 0 bridgehead atoms. The van der Waals surface area contributed by atoms with Crippen molar-refractivity contribution in [2.24, 2.45) is 11.7 Å². The molecule has 0 saturated heterocycles. The first-order chi connectivity index (χ1) is 10.00. The molecule has 22 heavy (non-hydrogen) atoms. The van der Waals surface area contributed by atoms with Gasteiger partial charge in [0, 0.05) is 30.0 Å². The van der Waals surface area contributed by atoms with Gasteiger partial charge in [-0.25, -0.2) is 8.78 Å². The van der Waals surface area contributed by atoms with Crippen molar-refractivity contribution in [1.29, 1.82) is 0 Å². The second-order valence-electron chi connectivity index (χ2n) is 5.94. The maximum Gasteiger partial charge on any atom is 0.224 e. The number of carbonyl (C=O) groups is 1. The monoisotopic (exact) mass is 332 g/mol. The Morgan fingerprint density at radius 3 is 2.36 bits per heavy atom. The van der Waals surface area contributed by atoms with Crippen molar-refractivity contribution < 1.29 is 13.6 Å². The lowest BCUT2D eigenvalue weighted by Gasteiger charge is -2.31. The predicted octanol–water partition coefficient (Wildman–Crippen LogP) is 2.91. The van der Waals surface area contributed by atoms with Gasteiger partial charge in [0.15, 0.2) is 0 Å². The van der Waals surface area contributed by atoms with Crippen LogP contribution in [-0.2, 0) is 10.2 Å². The smallest absolute Gasteiger partial charge is 0.224 e. The average molecular weight is 333 g/mol. The van der Waals surface area contributed by atoms with E-state index in [4.69, 9.17) is 5.73 Å². The van der Waals surface area contributed by atoms with Crippen LogP contribution in [0.4, 0.5) is 8.78 Å². The molecule has 2 rings (SSSR count). The molecule has 1 aliphatic carbocycles. The van der Waals surface area contributed by atoms with Gasteiger partial charge in [0.1, 0.15) is 11.6 Å². The second kappa shape index (κ2) is 7.88. The van der Waals surface area contributed by atoms with Crippen molar-refractivity contribution in [3.63, 3.8) is 0 Å². The third kappa shape index (κ3) is 3.76. The van der Waals surface area contributed by atoms with E-state index in [0.29, 0.717) is 12.8 Å². The Balaban J connectivity index is 0.00000242. The molecule has 0 radical (unpaired) electrons. The Hall–Kier alpha value is -1.20. The summed E-state index contributed by atoms with van der Waals surface area (Å²) in [6.07, 6.45) is 3.19. The summed E-state index contributed by atoms with van der Waals surface area (Å²) in [4.78, 5) is 11.9. The standard InChI is InChI=1S/C16H22F2N2O.ClH/c1-11(9-19)15(21)20-10-16(7-2-3-8-16)14-12(17)5-4-6-13(14)18;/h4-6,11H,2-3,7-10,19H2,1H3,(H,20,21);1H. The molecule has 1 amide bonds. The molecule has 1 fully saturated rings. The summed E-state index contributed by atoms with van der Waals surface area (Å²) in [5.74, 6) is -1.52. The molecule has 6 heteroatoms. The van der Waals surface area contributed by atoms with Gasteiger partial charge in [0.25, 0.3) is 0 Å². The number of halogens is 3. The summed E-state index contributed by atoms with van der Waals surface area (Å²) in [5, 5.41) is 2.82. The van der Waals surface area contributed by atoms with E-state index in [-0.39, 0.29) is 42.9 Å². The third-order valence-corrected chi connectivity index (χ3v) is 4.46. The zero-order valence-corrected chi connectivity index (χ0v) is 13.5. The summed E-state index contributed by atoms with van der Waals surface area (Å²) in [5.41, 5.74) is 4.94. The molecule has 124 valence electrons. The van der Waals surface area contributed by atoms with Crippen LogP contribution in [0.5, 0.6) is 0 Å². The van der Waals surface area contributed by atoms with Gasteiger partial charge in [-0.3, -0.25) is 4.79 Å². The van der Waals surface area contributed by atoms with Crippen LogP contribution in [0.15, 0.2) is 18.2 Å². The van der Waals surface area contributed by atoms with Gasteiger partial charge in [-0.05, 0) is 25.0 Å². The summed E-state index contributed by atoms with van der Waals surface area (Å²) in [6, 6.07) is 3.93. The molecule has 1 unspecified atom stereocenters. The largest absolute Gasteiger partial charge is 0.355 e. The Morgan fingerprint density at radius 1 is 1.32 bits per heavy atom. The van der Waals surface area contributed by atoms with E-state index in [1.54, 1.807) is 6.92 Å². The lowest BCUT2D eigenvalue weighted by atomic mass is 9.78. The van der Waals surface area contributed by atoms with Gasteiger partial charge in [0.2, 0.25) is 5.91 Å². The molecule has 3 nitrogen and oxygen atoms in total. The van der Waals surface area contributed by atoms with Crippen molar-refractivity contribution in [2.45, 2.75) is 38.0 Å². The van der Waals surface area contributed by atoms with Crippen molar-refractivity contribution in [2.75, 3.05) is 13.1 Å². The quantitative estimate of drug-likeness (QED) is 0.871. The van der Waals surface area contributed by atoms with Gasteiger partial charge in [-0.2, -0.15) is 0 Å². The van der Waals surface area contributed by atoms with Gasteiger partial charge < -0.3 is 11.1 Å². The Labute approximate surface area is 136 Å². The fourth-order valence-electron chi connectivity index (χ4n) is 3.11. The van der Waals surface area contributed by atoms with Crippen molar-refractivity contribution >= 4 is 18.3 Å². The molecule has 0 spiro atoms. The van der Waals surface area contributed by atoms with E-state index in [2.05, 4.69) is 5.32 Å².